The highest BCUT2D eigenvalue weighted by molar-refractivity contribution is 6.08. The largest absolute Gasteiger partial charge is 0.324 e. The fourth-order valence-corrected chi connectivity index (χ4v) is 2.98. The number of carbonyl (C=O) groups excluding carboxylic acids is 2. The third-order valence-electron chi connectivity index (χ3n) is 4.34. The number of ketones is 1. The first-order valence-electron chi connectivity index (χ1n) is 7.35. The third kappa shape index (κ3) is 2.30. The van der Waals surface area contributed by atoms with Gasteiger partial charge < -0.3 is 4.90 Å². The molecule has 1 saturated heterocycles. The highest BCUT2D eigenvalue weighted by Gasteiger charge is 2.31. The van der Waals surface area contributed by atoms with Crippen LogP contribution in [0.15, 0.2) is 24.3 Å². The topological polar surface area (TPSA) is 40.6 Å². The maximum absolute atomic E-state index is 12.7. The van der Waals surface area contributed by atoms with Gasteiger partial charge in [0.25, 0.3) is 0 Å². The van der Waals surface area contributed by atoms with Crippen molar-refractivity contribution in [1.29, 1.82) is 0 Å². The molecule has 0 spiro atoms. The van der Waals surface area contributed by atoms with Gasteiger partial charge in [0.2, 0.25) is 0 Å². The lowest BCUT2D eigenvalue weighted by atomic mass is 9.98. The van der Waals surface area contributed by atoms with Crippen molar-refractivity contribution in [3.8, 4) is 0 Å². The second-order valence-corrected chi connectivity index (χ2v) is 5.79. The standard InChI is InChI=1S/C16H20N2O2/c1-12-6-9-17(10-7-12)16(20)18-11-8-15(19)13-4-2-3-5-14(13)18/h2-5,12H,6-11H2,1H3. The third-order valence-corrected chi connectivity index (χ3v) is 4.34. The quantitative estimate of drug-likeness (QED) is 0.728. The molecule has 0 saturated carbocycles. The number of anilines is 1. The van der Waals surface area contributed by atoms with Crippen molar-refractivity contribution in [2.45, 2.75) is 26.2 Å². The summed E-state index contributed by atoms with van der Waals surface area (Å²) in [5.41, 5.74) is 1.45. The lowest BCUT2D eigenvalue weighted by Crippen LogP contribution is -2.48. The fraction of sp³-hybridized carbons (Fsp3) is 0.500. The summed E-state index contributed by atoms with van der Waals surface area (Å²) in [7, 11) is 0. The predicted octanol–water partition coefficient (Wildman–Crippen LogP) is 2.93. The summed E-state index contributed by atoms with van der Waals surface area (Å²) in [5.74, 6) is 0.839. The smallest absolute Gasteiger partial charge is 0.324 e. The van der Waals surface area contributed by atoms with Crippen molar-refractivity contribution in [2.75, 3.05) is 24.5 Å². The molecule has 4 nitrogen and oxygen atoms in total. The Labute approximate surface area is 119 Å². The SMILES string of the molecule is CC1CCN(C(=O)N2CCC(=O)c3ccccc32)CC1. The molecule has 1 aromatic carbocycles. The van der Waals surface area contributed by atoms with Crippen molar-refractivity contribution >= 4 is 17.5 Å². The molecule has 0 atom stereocenters. The highest BCUT2D eigenvalue weighted by Crippen LogP contribution is 2.28. The first kappa shape index (κ1) is 13.2. The molecule has 1 fully saturated rings. The first-order chi connectivity index (χ1) is 9.66. The molecule has 0 unspecified atom stereocenters. The number of likely N-dealkylation sites (tertiary alicyclic amines) is 1. The Morgan fingerprint density at radius 2 is 1.85 bits per heavy atom. The van der Waals surface area contributed by atoms with Crippen LogP contribution in [-0.4, -0.2) is 36.3 Å². The van der Waals surface area contributed by atoms with Gasteiger partial charge in [0.15, 0.2) is 5.78 Å². The minimum Gasteiger partial charge on any atom is -0.324 e. The van der Waals surface area contributed by atoms with Gasteiger partial charge in [0.05, 0.1) is 5.69 Å². The Bertz CT molecular complexity index is 533. The number of urea groups is 1. The zero-order valence-electron chi connectivity index (χ0n) is 11.8. The highest BCUT2D eigenvalue weighted by atomic mass is 16.2. The number of nitrogens with zero attached hydrogens (tertiary/aromatic N) is 2. The fourth-order valence-electron chi connectivity index (χ4n) is 2.98. The van der Waals surface area contributed by atoms with E-state index in [1.54, 1.807) is 4.90 Å². The number of para-hydroxylation sites is 1. The average Bonchev–Trinajstić information content (AvgIpc) is 2.48. The summed E-state index contributed by atoms with van der Waals surface area (Å²) >= 11 is 0. The van der Waals surface area contributed by atoms with E-state index in [0.717, 1.165) is 31.6 Å². The van der Waals surface area contributed by atoms with E-state index in [-0.39, 0.29) is 11.8 Å². The minimum absolute atomic E-state index is 0.0526. The molecule has 0 N–H and O–H groups in total. The van der Waals surface area contributed by atoms with Gasteiger partial charge in [-0.2, -0.15) is 0 Å². The van der Waals surface area contributed by atoms with Gasteiger partial charge in [-0.15, -0.1) is 0 Å². The van der Waals surface area contributed by atoms with Crippen LogP contribution < -0.4 is 4.90 Å². The minimum atomic E-state index is 0.0526. The van der Waals surface area contributed by atoms with E-state index in [2.05, 4.69) is 6.92 Å². The second-order valence-electron chi connectivity index (χ2n) is 5.79. The number of Topliss-reactive ketones (excluding diaryl/α,β-unsaturated/α-hetero) is 1. The van der Waals surface area contributed by atoms with Crippen molar-refractivity contribution in [3.63, 3.8) is 0 Å². The number of piperidine rings is 1. The normalized spacial score (nSPS) is 19.9. The summed E-state index contributed by atoms with van der Waals surface area (Å²) in [6, 6.07) is 7.48. The van der Waals surface area contributed by atoms with E-state index in [9.17, 15) is 9.59 Å². The summed E-state index contributed by atoms with van der Waals surface area (Å²) in [4.78, 5) is 28.3. The molecule has 0 bridgehead atoms. The lowest BCUT2D eigenvalue weighted by Gasteiger charge is -2.36. The Morgan fingerprint density at radius 1 is 1.15 bits per heavy atom. The van der Waals surface area contributed by atoms with Gasteiger partial charge in [-0.05, 0) is 30.9 Å². The van der Waals surface area contributed by atoms with E-state index in [4.69, 9.17) is 0 Å². The Hall–Kier alpha value is -1.84. The van der Waals surface area contributed by atoms with Crippen LogP contribution in [0, 0.1) is 5.92 Å². The van der Waals surface area contributed by atoms with Crippen molar-refractivity contribution < 1.29 is 9.59 Å². The van der Waals surface area contributed by atoms with Gasteiger partial charge >= 0.3 is 6.03 Å². The van der Waals surface area contributed by atoms with E-state index in [1.165, 1.54) is 0 Å². The van der Waals surface area contributed by atoms with E-state index < -0.39 is 0 Å². The molecule has 0 radical (unpaired) electrons. The molecule has 2 aliphatic heterocycles. The molecular formula is C16H20N2O2. The molecule has 0 aromatic heterocycles. The number of amides is 2. The summed E-state index contributed by atoms with van der Waals surface area (Å²) < 4.78 is 0. The van der Waals surface area contributed by atoms with Gasteiger partial charge in [0.1, 0.15) is 0 Å². The molecular weight excluding hydrogens is 252 g/mol. The summed E-state index contributed by atoms with van der Waals surface area (Å²) in [6.07, 6.45) is 2.56. The van der Waals surface area contributed by atoms with Crippen LogP contribution >= 0.6 is 0 Å². The molecule has 106 valence electrons. The van der Waals surface area contributed by atoms with Crippen LogP contribution in [0.3, 0.4) is 0 Å². The van der Waals surface area contributed by atoms with E-state index in [1.807, 2.05) is 29.2 Å². The first-order valence-corrected chi connectivity index (χ1v) is 7.35. The maximum atomic E-state index is 12.7. The van der Waals surface area contributed by atoms with Gasteiger partial charge in [-0.3, -0.25) is 9.69 Å². The summed E-state index contributed by atoms with van der Waals surface area (Å²) in [6.45, 7) is 4.39. The monoisotopic (exact) mass is 272 g/mol. The molecule has 1 aromatic rings. The number of fused-ring (bicyclic) bond motifs is 1. The van der Waals surface area contributed by atoms with Gasteiger partial charge in [-0.1, -0.05) is 19.1 Å². The molecule has 0 aliphatic carbocycles. The van der Waals surface area contributed by atoms with E-state index >= 15 is 0 Å². The van der Waals surface area contributed by atoms with Crippen LogP contribution in [0.25, 0.3) is 0 Å². The Kier molecular flexibility index (Phi) is 3.47. The van der Waals surface area contributed by atoms with Gasteiger partial charge in [0, 0.05) is 31.6 Å². The average molecular weight is 272 g/mol. The number of rotatable bonds is 0. The molecule has 2 heterocycles. The Morgan fingerprint density at radius 3 is 2.60 bits per heavy atom. The predicted molar refractivity (Wildman–Crippen MR) is 78.1 cm³/mol. The van der Waals surface area contributed by atoms with E-state index in [0.29, 0.717) is 24.4 Å². The lowest BCUT2D eigenvalue weighted by molar-refractivity contribution is 0.0980. The van der Waals surface area contributed by atoms with Crippen LogP contribution in [0.4, 0.5) is 10.5 Å². The molecule has 2 amide bonds. The van der Waals surface area contributed by atoms with Crippen molar-refractivity contribution in [1.82, 2.24) is 4.90 Å². The maximum Gasteiger partial charge on any atom is 0.324 e. The van der Waals surface area contributed by atoms with Crippen LogP contribution in [0.1, 0.15) is 36.5 Å². The second kappa shape index (κ2) is 5.27. The molecule has 4 heteroatoms. The van der Waals surface area contributed by atoms with Crippen molar-refractivity contribution in [2.24, 2.45) is 5.92 Å². The summed E-state index contributed by atoms with van der Waals surface area (Å²) in [5, 5.41) is 0. The van der Waals surface area contributed by atoms with Crippen LogP contribution in [0.5, 0.6) is 0 Å². The molecule has 20 heavy (non-hydrogen) atoms. The number of hydrogen-bond acceptors (Lipinski definition) is 2. The zero-order chi connectivity index (χ0) is 14.1. The van der Waals surface area contributed by atoms with Gasteiger partial charge in [-0.25, -0.2) is 4.79 Å². The number of carbonyl (C=O) groups is 2. The number of hydrogen-bond donors (Lipinski definition) is 0. The zero-order valence-corrected chi connectivity index (χ0v) is 11.8. The molecule has 3 rings (SSSR count). The Balaban J connectivity index is 1.82. The van der Waals surface area contributed by atoms with Crippen LogP contribution in [0.2, 0.25) is 0 Å². The molecule has 2 aliphatic rings. The van der Waals surface area contributed by atoms with Crippen LogP contribution in [-0.2, 0) is 0 Å². The van der Waals surface area contributed by atoms with Crippen molar-refractivity contribution in [3.05, 3.63) is 29.8 Å². The number of benzene rings is 1.